The molecule has 1 aliphatic heterocycles. The molecule has 12 heteroatoms. The number of esters is 1. The van der Waals surface area contributed by atoms with Crippen molar-refractivity contribution in [3.63, 3.8) is 0 Å². The van der Waals surface area contributed by atoms with Crippen LogP contribution in [0.3, 0.4) is 0 Å². The maximum absolute atomic E-state index is 13.6. The van der Waals surface area contributed by atoms with E-state index in [1.165, 1.54) is 16.3 Å². The lowest BCUT2D eigenvalue weighted by atomic mass is 9.96. The van der Waals surface area contributed by atoms with Crippen LogP contribution >= 0.6 is 19.5 Å². The van der Waals surface area contributed by atoms with Crippen molar-refractivity contribution in [2.24, 2.45) is 0 Å². The van der Waals surface area contributed by atoms with Gasteiger partial charge < -0.3 is 14.0 Å². The number of aryl methyl sites for hydroxylation is 1. The van der Waals surface area contributed by atoms with Gasteiger partial charge in [-0.3, -0.25) is 13.9 Å². The fraction of sp³-hybridized carbons (Fsp3) is 0.500. The molecule has 1 aromatic heterocycles. The molecule has 0 unspecified atom stereocenters. The lowest BCUT2D eigenvalue weighted by Crippen LogP contribution is -2.38. The molecule has 1 aromatic carbocycles. The number of carbonyl (C=O) groups is 1. The number of ether oxygens (including phenoxy) is 2. The van der Waals surface area contributed by atoms with Crippen molar-refractivity contribution < 1.29 is 27.9 Å². The first kappa shape index (κ1) is 24.9. The molecule has 10 nitrogen and oxygen atoms in total. The van der Waals surface area contributed by atoms with Gasteiger partial charge in [-0.25, -0.2) is 9.36 Å². The van der Waals surface area contributed by atoms with E-state index in [4.69, 9.17) is 18.5 Å². The zero-order valence-corrected chi connectivity index (χ0v) is 20.7. The Bertz CT molecular complexity index is 1100. The quantitative estimate of drug-likeness (QED) is 0.377. The van der Waals surface area contributed by atoms with Crippen LogP contribution in [0.25, 0.3) is 0 Å². The van der Waals surface area contributed by atoms with E-state index >= 15 is 0 Å². The van der Waals surface area contributed by atoms with Gasteiger partial charge in [0.1, 0.15) is 29.6 Å². The predicted molar refractivity (Wildman–Crippen MR) is 127 cm³/mol. The van der Waals surface area contributed by atoms with Gasteiger partial charge in [-0.15, -0.1) is 11.8 Å². The molecule has 184 valence electrons. The molecule has 1 saturated carbocycles. The highest BCUT2D eigenvalue weighted by atomic mass is 32.2. The van der Waals surface area contributed by atoms with Crippen molar-refractivity contribution in [2.75, 3.05) is 12.4 Å². The number of para-hydroxylation sites is 1. The van der Waals surface area contributed by atoms with E-state index in [-0.39, 0.29) is 12.7 Å². The highest BCUT2D eigenvalue weighted by Crippen LogP contribution is 2.46. The van der Waals surface area contributed by atoms with Crippen LogP contribution in [-0.4, -0.2) is 45.5 Å². The van der Waals surface area contributed by atoms with Crippen molar-refractivity contribution in [1.82, 2.24) is 14.6 Å². The first-order valence-electron chi connectivity index (χ1n) is 11.1. The average Bonchev–Trinajstić information content (AvgIpc) is 3.24. The molecule has 1 N–H and O–H groups in total. The first-order valence-corrected chi connectivity index (χ1v) is 13.7. The minimum Gasteiger partial charge on any atom is -0.461 e. The molecule has 34 heavy (non-hydrogen) atoms. The molecule has 0 bridgehead atoms. The van der Waals surface area contributed by atoms with Gasteiger partial charge in [-0.1, -0.05) is 18.2 Å². The lowest BCUT2D eigenvalue weighted by molar-refractivity contribution is -0.154. The summed E-state index contributed by atoms with van der Waals surface area (Å²) in [6, 6.07) is 9.39. The Labute approximate surface area is 201 Å². The van der Waals surface area contributed by atoms with E-state index in [1.54, 1.807) is 56.4 Å². The minimum atomic E-state index is -3.97. The first-order chi connectivity index (χ1) is 16.3. The molecule has 2 heterocycles. The van der Waals surface area contributed by atoms with E-state index in [0.717, 1.165) is 19.3 Å². The third-order valence-electron chi connectivity index (χ3n) is 5.40. The third kappa shape index (κ3) is 6.49. The summed E-state index contributed by atoms with van der Waals surface area (Å²) in [6.45, 7) is 3.21. The monoisotopic (exact) mass is 509 g/mol. The summed E-state index contributed by atoms with van der Waals surface area (Å²) in [5.74, 6) is 0.316. The Morgan fingerprint density at radius 3 is 2.76 bits per heavy atom. The number of thioether (sulfide) groups is 1. The molecule has 0 amide bonds. The van der Waals surface area contributed by atoms with Crippen LogP contribution in [0.2, 0.25) is 0 Å². The number of aromatic nitrogens is 2. The van der Waals surface area contributed by atoms with Crippen molar-refractivity contribution in [3.8, 4) is 5.75 Å². The van der Waals surface area contributed by atoms with Gasteiger partial charge in [-0.05, 0) is 51.3 Å². The van der Waals surface area contributed by atoms with Gasteiger partial charge >= 0.3 is 19.4 Å². The number of carbonyl (C=O) groups excluding carboxylic acids is 1. The number of rotatable bonds is 10. The number of hydrogen-bond donors (Lipinski definition) is 1. The summed E-state index contributed by atoms with van der Waals surface area (Å²) in [5.41, 5.74) is -0.266. The van der Waals surface area contributed by atoms with E-state index < -0.39 is 37.1 Å². The van der Waals surface area contributed by atoms with Crippen LogP contribution in [0, 0.1) is 6.92 Å². The molecule has 2 aliphatic rings. The largest absolute Gasteiger partial charge is 0.461 e. The summed E-state index contributed by atoms with van der Waals surface area (Å²) in [5, 5.41) is 2.68. The minimum absolute atomic E-state index is 0.0866. The molecule has 2 aromatic rings. The maximum Gasteiger partial charge on any atom is 0.459 e. The van der Waals surface area contributed by atoms with Gasteiger partial charge in [0, 0.05) is 17.6 Å². The van der Waals surface area contributed by atoms with Crippen molar-refractivity contribution >= 4 is 25.5 Å². The molecular weight excluding hydrogens is 481 g/mol. The summed E-state index contributed by atoms with van der Waals surface area (Å²) in [4.78, 5) is 28.5. The fourth-order valence-corrected chi connectivity index (χ4v) is 5.89. The van der Waals surface area contributed by atoms with Crippen molar-refractivity contribution in [1.29, 1.82) is 0 Å². The Morgan fingerprint density at radius 1 is 1.32 bits per heavy atom. The lowest BCUT2D eigenvalue weighted by Gasteiger charge is -2.28. The van der Waals surface area contributed by atoms with E-state index in [0.29, 0.717) is 17.2 Å². The van der Waals surface area contributed by atoms with Crippen LogP contribution in [0.4, 0.5) is 0 Å². The van der Waals surface area contributed by atoms with Crippen LogP contribution in [0.1, 0.15) is 38.1 Å². The van der Waals surface area contributed by atoms with Gasteiger partial charge in [-0.2, -0.15) is 10.1 Å². The summed E-state index contributed by atoms with van der Waals surface area (Å²) in [7, 11) is -3.97. The number of nitrogens with one attached hydrogen (secondary N) is 1. The maximum atomic E-state index is 13.6. The van der Waals surface area contributed by atoms with E-state index in [2.05, 4.69) is 10.1 Å². The second-order valence-corrected chi connectivity index (χ2v) is 11.0. The van der Waals surface area contributed by atoms with Crippen molar-refractivity contribution in [2.45, 2.75) is 56.9 Å². The molecule has 0 spiro atoms. The van der Waals surface area contributed by atoms with E-state index in [9.17, 15) is 14.2 Å². The number of hydrogen-bond acceptors (Lipinski definition) is 9. The number of benzene rings is 1. The predicted octanol–water partition coefficient (Wildman–Crippen LogP) is 3.42. The molecular formula is C22H28N3O7PS. The van der Waals surface area contributed by atoms with Crippen LogP contribution in [-0.2, 0) is 23.4 Å². The Hall–Kier alpha value is -2.17. The summed E-state index contributed by atoms with van der Waals surface area (Å²) in [6.07, 6.45) is 3.74. The van der Waals surface area contributed by atoms with Crippen molar-refractivity contribution in [3.05, 3.63) is 58.8 Å². The second kappa shape index (κ2) is 11.0. The topological polar surface area (TPSA) is 118 Å². The van der Waals surface area contributed by atoms with Crippen LogP contribution in [0.5, 0.6) is 5.75 Å². The highest BCUT2D eigenvalue weighted by Gasteiger charge is 2.36. The molecule has 1 aliphatic carbocycles. The van der Waals surface area contributed by atoms with E-state index in [1.807, 2.05) is 0 Å². The van der Waals surface area contributed by atoms with Gasteiger partial charge in [0.25, 0.3) is 0 Å². The Kier molecular flexibility index (Phi) is 8.10. The third-order valence-corrected chi connectivity index (χ3v) is 8.14. The SMILES string of the molecule is Cc1ccn([C@@H]2CS[C@H](CO[P@@](=O)(N[C@@H](C)C(=O)OC3CCC3)Oc3ccccc3)O2)c(=O)n1. The molecule has 4 atom stereocenters. The smallest absolute Gasteiger partial charge is 0.459 e. The molecule has 0 radical (unpaired) electrons. The van der Waals surface area contributed by atoms with Crippen LogP contribution in [0.15, 0.2) is 47.4 Å². The van der Waals surface area contributed by atoms with Gasteiger partial charge in [0.05, 0.1) is 6.61 Å². The average molecular weight is 510 g/mol. The van der Waals surface area contributed by atoms with Gasteiger partial charge in [0.2, 0.25) is 0 Å². The standard InChI is InChI=1S/C22H28N3O7PS/c1-15-11-12-25(22(27)23-15)19-14-34-20(31-19)13-29-33(28,32-18-7-4-3-5-8-18)24-16(2)21(26)30-17-9-6-10-17/h3-5,7-8,11-12,16-17,19-20H,6,9-10,13-14H2,1-2H3,(H,24,28)/t16-,19-,20+,33-/m0/s1. The molecule has 4 rings (SSSR count). The fourth-order valence-electron chi connectivity index (χ4n) is 3.31. The second-order valence-electron chi connectivity index (χ2n) is 8.15. The normalized spacial score (nSPS) is 23.0. The highest BCUT2D eigenvalue weighted by molar-refractivity contribution is 8.00. The molecule has 1 saturated heterocycles. The zero-order valence-electron chi connectivity index (χ0n) is 19.0. The Morgan fingerprint density at radius 2 is 2.09 bits per heavy atom. The van der Waals surface area contributed by atoms with Crippen LogP contribution < -0.4 is 15.3 Å². The number of nitrogens with zero attached hydrogens (tertiary/aromatic N) is 2. The Balaban J connectivity index is 1.39. The molecule has 2 fully saturated rings. The van der Waals surface area contributed by atoms with Gasteiger partial charge in [0.15, 0.2) is 0 Å². The summed E-state index contributed by atoms with van der Waals surface area (Å²) < 4.78 is 37.6. The zero-order chi connectivity index (χ0) is 24.1. The summed E-state index contributed by atoms with van der Waals surface area (Å²) >= 11 is 1.42.